The molecular weight excluding hydrogens is 414 g/mol. The molecule has 0 saturated carbocycles. The molecule has 1 saturated heterocycles. The van der Waals surface area contributed by atoms with E-state index < -0.39 is 6.04 Å². The van der Waals surface area contributed by atoms with Crippen molar-refractivity contribution in [2.75, 3.05) is 6.54 Å². The highest BCUT2D eigenvalue weighted by molar-refractivity contribution is 5.95. The van der Waals surface area contributed by atoms with Gasteiger partial charge in [0.15, 0.2) is 5.76 Å². The number of likely N-dealkylation sites (tertiary alicyclic amines) is 1. The van der Waals surface area contributed by atoms with Crippen LogP contribution in [0.5, 0.6) is 0 Å². The molecule has 1 N–H and O–H groups in total. The van der Waals surface area contributed by atoms with Crippen LogP contribution in [0, 0.1) is 0 Å². The zero-order chi connectivity index (χ0) is 23.2. The minimum Gasteiger partial charge on any atom is -0.459 e. The Morgan fingerprint density at radius 2 is 1.94 bits per heavy atom. The van der Waals surface area contributed by atoms with Gasteiger partial charge >= 0.3 is 0 Å². The summed E-state index contributed by atoms with van der Waals surface area (Å²) < 4.78 is 5.26. The van der Waals surface area contributed by atoms with E-state index in [1.54, 1.807) is 18.3 Å². The van der Waals surface area contributed by atoms with Crippen molar-refractivity contribution in [3.63, 3.8) is 0 Å². The second-order valence-electron chi connectivity index (χ2n) is 8.93. The van der Waals surface area contributed by atoms with Gasteiger partial charge in [0.1, 0.15) is 6.04 Å². The lowest BCUT2D eigenvalue weighted by Crippen LogP contribution is -2.51. The monoisotopic (exact) mass is 445 g/mol. The van der Waals surface area contributed by atoms with Gasteiger partial charge < -0.3 is 14.6 Å². The van der Waals surface area contributed by atoms with E-state index in [0.717, 1.165) is 30.4 Å². The fourth-order valence-electron chi connectivity index (χ4n) is 4.43. The van der Waals surface area contributed by atoms with E-state index in [1.807, 2.05) is 35.4 Å². The predicted octanol–water partition coefficient (Wildman–Crippen LogP) is 4.89. The fourth-order valence-corrected chi connectivity index (χ4v) is 4.43. The molecule has 3 heterocycles. The summed E-state index contributed by atoms with van der Waals surface area (Å²) in [5, 5.41) is 2.93. The Kier molecular flexibility index (Phi) is 7.23. The Labute approximate surface area is 195 Å². The number of aromatic nitrogens is 1. The van der Waals surface area contributed by atoms with E-state index in [9.17, 15) is 9.59 Å². The first-order valence-electron chi connectivity index (χ1n) is 11.7. The molecule has 1 fully saturated rings. The molecule has 172 valence electrons. The number of amides is 2. The molecule has 3 aromatic rings. The second kappa shape index (κ2) is 10.5. The number of pyridine rings is 1. The molecule has 1 aliphatic rings. The van der Waals surface area contributed by atoms with Gasteiger partial charge in [-0.25, -0.2) is 0 Å². The van der Waals surface area contributed by atoms with E-state index >= 15 is 0 Å². The van der Waals surface area contributed by atoms with Gasteiger partial charge in [-0.3, -0.25) is 14.6 Å². The number of carbonyl (C=O) groups excluding carboxylic acids is 2. The van der Waals surface area contributed by atoms with Crippen LogP contribution in [0.2, 0.25) is 0 Å². The molecule has 4 rings (SSSR count). The average Bonchev–Trinajstić information content (AvgIpc) is 3.39. The third kappa shape index (κ3) is 5.51. The Morgan fingerprint density at radius 3 is 2.61 bits per heavy atom. The van der Waals surface area contributed by atoms with Crippen LogP contribution in [-0.2, 0) is 11.2 Å². The standard InChI is InChI=1S/C27H31N3O3/c1-19(2)21-12-10-20(11-13-21)17-23(29-26(31)25-9-6-16-33-25)27(32)30-15-4-3-8-24(30)22-7-5-14-28-18-22/h5-7,9-14,16,18-19,23-24H,3-4,8,15,17H2,1-2H3,(H,29,31)/t23-,24+/m0/s1. The largest absolute Gasteiger partial charge is 0.459 e. The zero-order valence-electron chi connectivity index (χ0n) is 19.2. The zero-order valence-corrected chi connectivity index (χ0v) is 19.2. The van der Waals surface area contributed by atoms with Crippen molar-refractivity contribution < 1.29 is 14.0 Å². The maximum absolute atomic E-state index is 13.8. The van der Waals surface area contributed by atoms with E-state index in [-0.39, 0.29) is 23.6 Å². The van der Waals surface area contributed by atoms with Gasteiger partial charge in [-0.2, -0.15) is 0 Å². The highest BCUT2D eigenvalue weighted by atomic mass is 16.3. The van der Waals surface area contributed by atoms with Crippen LogP contribution in [-0.4, -0.2) is 34.3 Å². The SMILES string of the molecule is CC(C)c1ccc(C[C@H](NC(=O)c2ccco2)C(=O)N2CCCC[C@@H]2c2cccnc2)cc1. The number of benzene rings is 1. The molecule has 0 radical (unpaired) electrons. The molecule has 33 heavy (non-hydrogen) atoms. The lowest BCUT2D eigenvalue weighted by Gasteiger charge is -2.38. The van der Waals surface area contributed by atoms with Crippen molar-refractivity contribution in [1.29, 1.82) is 0 Å². The molecule has 0 aliphatic carbocycles. The normalized spacial score (nSPS) is 17.1. The molecule has 6 nitrogen and oxygen atoms in total. The third-order valence-corrected chi connectivity index (χ3v) is 6.29. The minimum absolute atomic E-state index is 0.0359. The molecule has 2 aromatic heterocycles. The van der Waals surface area contributed by atoms with Crippen LogP contribution in [0.25, 0.3) is 0 Å². The highest BCUT2D eigenvalue weighted by Gasteiger charge is 2.34. The summed E-state index contributed by atoms with van der Waals surface area (Å²) in [5.41, 5.74) is 3.28. The van der Waals surface area contributed by atoms with Crippen molar-refractivity contribution in [2.24, 2.45) is 0 Å². The third-order valence-electron chi connectivity index (χ3n) is 6.29. The summed E-state index contributed by atoms with van der Waals surface area (Å²) in [6.07, 6.45) is 8.34. The number of piperidine rings is 1. The molecule has 1 aromatic carbocycles. The van der Waals surface area contributed by atoms with E-state index in [4.69, 9.17) is 4.42 Å². The van der Waals surface area contributed by atoms with Gasteiger partial charge in [-0.05, 0) is 60.1 Å². The number of furan rings is 1. The molecule has 0 bridgehead atoms. The van der Waals surface area contributed by atoms with Gasteiger partial charge in [0, 0.05) is 25.4 Å². The summed E-state index contributed by atoms with van der Waals surface area (Å²) in [6.45, 7) is 4.97. The molecule has 0 spiro atoms. The van der Waals surface area contributed by atoms with Crippen molar-refractivity contribution in [1.82, 2.24) is 15.2 Å². The first-order chi connectivity index (χ1) is 16.0. The van der Waals surface area contributed by atoms with Crippen LogP contribution < -0.4 is 5.32 Å². The van der Waals surface area contributed by atoms with Crippen LogP contribution in [0.3, 0.4) is 0 Å². The Morgan fingerprint density at radius 1 is 1.12 bits per heavy atom. The Bertz CT molecular complexity index is 1050. The van der Waals surface area contributed by atoms with Gasteiger partial charge in [0.05, 0.1) is 12.3 Å². The Hall–Kier alpha value is -3.41. The van der Waals surface area contributed by atoms with Crippen LogP contribution in [0.1, 0.15) is 72.3 Å². The molecule has 1 aliphatic heterocycles. The quantitative estimate of drug-likeness (QED) is 0.562. The topological polar surface area (TPSA) is 75.4 Å². The minimum atomic E-state index is -0.690. The first kappa shape index (κ1) is 22.8. The molecule has 2 amide bonds. The van der Waals surface area contributed by atoms with Crippen molar-refractivity contribution >= 4 is 11.8 Å². The van der Waals surface area contributed by atoms with Crippen LogP contribution in [0.15, 0.2) is 71.6 Å². The van der Waals surface area contributed by atoms with Crippen LogP contribution >= 0.6 is 0 Å². The molecule has 6 heteroatoms. The van der Waals surface area contributed by atoms with Crippen LogP contribution in [0.4, 0.5) is 0 Å². The Balaban J connectivity index is 1.59. The maximum atomic E-state index is 13.8. The molecule has 0 unspecified atom stereocenters. The summed E-state index contributed by atoms with van der Waals surface area (Å²) in [6, 6.07) is 14.7. The van der Waals surface area contributed by atoms with Crippen molar-refractivity contribution in [3.8, 4) is 0 Å². The van der Waals surface area contributed by atoms with E-state index in [1.165, 1.54) is 11.8 Å². The maximum Gasteiger partial charge on any atom is 0.287 e. The van der Waals surface area contributed by atoms with E-state index in [2.05, 4.69) is 36.3 Å². The number of rotatable bonds is 7. The fraction of sp³-hybridized carbons (Fsp3) is 0.370. The predicted molar refractivity (Wildman–Crippen MR) is 127 cm³/mol. The number of nitrogens with one attached hydrogen (secondary N) is 1. The lowest BCUT2D eigenvalue weighted by molar-refractivity contribution is -0.137. The highest BCUT2D eigenvalue weighted by Crippen LogP contribution is 2.31. The first-order valence-corrected chi connectivity index (χ1v) is 11.7. The summed E-state index contributed by atoms with van der Waals surface area (Å²) >= 11 is 0. The van der Waals surface area contributed by atoms with E-state index in [0.29, 0.717) is 18.9 Å². The van der Waals surface area contributed by atoms with Gasteiger partial charge in [-0.1, -0.05) is 44.2 Å². The van der Waals surface area contributed by atoms with Gasteiger partial charge in [-0.15, -0.1) is 0 Å². The average molecular weight is 446 g/mol. The van der Waals surface area contributed by atoms with Gasteiger partial charge in [0.25, 0.3) is 5.91 Å². The molecule has 2 atom stereocenters. The van der Waals surface area contributed by atoms with Crippen molar-refractivity contribution in [3.05, 3.63) is 89.6 Å². The number of hydrogen-bond donors (Lipinski definition) is 1. The second-order valence-corrected chi connectivity index (χ2v) is 8.93. The van der Waals surface area contributed by atoms with Crippen molar-refractivity contribution in [2.45, 2.75) is 57.5 Å². The summed E-state index contributed by atoms with van der Waals surface area (Å²) in [7, 11) is 0. The van der Waals surface area contributed by atoms with Gasteiger partial charge in [0.2, 0.25) is 5.91 Å². The summed E-state index contributed by atoms with van der Waals surface area (Å²) in [5.74, 6) is 0.178. The lowest BCUT2D eigenvalue weighted by atomic mass is 9.94. The smallest absolute Gasteiger partial charge is 0.287 e. The molecular formula is C27H31N3O3. The number of nitrogens with zero attached hydrogens (tertiary/aromatic N) is 2. The number of hydrogen-bond acceptors (Lipinski definition) is 4. The summed E-state index contributed by atoms with van der Waals surface area (Å²) in [4.78, 5) is 32.8. The number of carbonyl (C=O) groups is 2.